The van der Waals surface area contributed by atoms with Crippen molar-refractivity contribution in [2.75, 3.05) is 26.5 Å². The van der Waals surface area contributed by atoms with Gasteiger partial charge in [-0.25, -0.2) is 0 Å². The van der Waals surface area contributed by atoms with Crippen LogP contribution < -0.4 is 20.5 Å². The molecule has 5 nitrogen and oxygen atoms in total. The van der Waals surface area contributed by atoms with Crippen LogP contribution in [0, 0.1) is 0 Å². The van der Waals surface area contributed by atoms with Gasteiger partial charge in [-0.05, 0) is 12.5 Å². The average molecular weight is 238 g/mol. The second-order valence-electron chi connectivity index (χ2n) is 3.55. The quantitative estimate of drug-likeness (QED) is 0.761. The molecule has 0 saturated heterocycles. The Bertz CT molecular complexity index is 405. The Labute approximate surface area is 101 Å². The lowest BCUT2D eigenvalue weighted by Crippen LogP contribution is -2.25. The first-order valence-electron chi connectivity index (χ1n) is 5.43. The van der Waals surface area contributed by atoms with Crippen molar-refractivity contribution in [2.45, 2.75) is 13.3 Å². The summed E-state index contributed by atoms with van der Waals surface area (Å²) in [4.78, 5) is 11.8. The number of hydrogen-bond donors (Lipinski definition) is 2. The highest BCUT2D eigenvalue weighted by Crippen LogP contribution is 2.31. The van der Waals surface area contributed by atoms with Gasteiger partial charge >= 0.3 is 0 Å². The van der Waals surface area contributed by atoms with Crippen LogP contribution in [0.4, 0.5) is 5.69 Å². The monoisotopic (exact) mass is 238 g/mol. The number of methoxy groups -OCH3 is 2. The van der Waals surface area contributed by atoms with E-state index in [4.69, 9.17) is 15.2 Å². The molecule has 1 aromatic carbocycles. The van der Waals surface area contributed by atoms with Crippen LogP contribution in [0.2, 0.25) is 0 Å². The Hall–Kier alpha value is -1.91. The molecule has 1 rings (SSSR count). The largest absolute Gasteiger partial charge is 0.493 e. The van der Waals surface area contributed by atoms with E-state index in [1.807, 2.05) is 6.92 Å². The first kappa shape index (κ1) is 13.2. The molecule has 0 unspecified atom stereocenters. The van der Waals surface area contributed by atoms with E-state index < -0.39 is 0 Å². The van der Waals surface area contributed by atoms with Crippen molar-refractivity contribution in [1.29, 1.82) is 0 Å². The highest BCUT2D eigenvalue weighted by molar-refractivity contribution is 6.00. The fourth-order valence-corrected chi connectivity index (χ4v) is 1.43. The number of ether oxygens (including phenoxy) is 2. The van der Waals surface area contributed by atoms with Crippen LogP contribution in [0.25, 0.3) is 0 Å². The lowest BCUT2D eigenvalue weighted by molar-refractivity contribution is 0.0954. The van der Waals surface area contributed by atoms with Crippen LogP contribution in [0.1, 0.15) is 23.7 Å². The minimum absolute atomic E-state index is 0.203. The molecule has 0 atom stereocenters. The molecule has 1 amide bonds. The highest BCUT2D eigenvalue weighted by Gasteiger charge is 2.14. The third-order valence-corrected chi connectivity index (χ3v) is 2.34. The van der Waals surface area contributed by atoms with Crippen LogP contribution in [-0.4, -0.2) is 26.7 Å². The van der Waals surface area contributed by atoms with E-state index in [2.05, 4.69) is 5.32 Å². The Kier molecular flexibility index (Phi) is 4.63. The van der Waals surface area contributed by atoms with E-state index in [0.717, 1.165) is 6.42 Å². The molecule has 3 N–H and O–H groups in total. The molecule has 1 aromatic rings. The van der Waals surface area contributed by atoms with Gasteiger partial charge in [-0.1, -0.05) is 6.92 Å². The van der Waals surface area contributed by atoms with E-state index in [0.29, 0.717) is 29.3 Å². The molecule has 0 fully saturated rings. The van der Waals surface area contributed by atoms with Crippen LogP contribution in [-0.2, 0) is 0 Å². The number of rotatable bonds is 5. The molecule has 0 aliphatic rings. The highest BCUT2D eigenvalue weighted by atomic mass is 16.5. The summed E-state index contributed by atoms with van der Waals surface area (Å²) < 4.78 is 10.2. The van der Waals surface area contributed by atoms with Gasteiger partial charge in [0.05, 0.1) is 19.8 Å². The van der Waals surface area contributed by atoms with Crippen LogP contribution in [0.3, 0.4) is 0 Å². The molecular formula is C12H18N2O3. The standard InChI is InChI=1S/C12H18N2O3/c1-4-5-14-12(15)8-6-10(16-2)11(17-3)7-9(8)13/h6-7H,4-5,13H2,1-3H3,(H,14,15). The third-order valence-electron chi connectivity index (χ3n) is 2.34. The predicted molar refractivity (Wildman–Crippen MR) is 66.6 cm³/mol. The van der Waals surface area contributed by atoms with Gasteiger partial charge in [-0.15, -0.1) is 0 Å². The van der Waals surface area contributed by atoms with Gasteiger partial charge in [0.2, 0.25) is 0 Å². The number of carbonyl (C=O) groups excluding carboxylic acids is 1. The summed E-state index contributed by atoms with van der Waals surface area (Å²) in [5, 5.41) is 2.76. The normalized spacial score (nSPS) is 9.82. The maximum atomic E-state index is 11.8. The number of anilines is 1. The van der Waals surface area contributed by atoms with Crippen LogP contribution in [0.5, 0.6) is 11.5 Å². The second-order valence-corrected chi connectivity index (χ2v) is 3.55. The topological polar surface area (TPSA) is 73.6 Å². The lowest BCUT2D eigenvalue weighted by atomic mass is 10.1. The van der Waals surface area contributed by atoms with Crippen molar-refractivity contribution in [2.24, 2.45) is 0 Å². The number of amides is 1. The van der Waals surface area contributed by atoms with Gasteiger partial charge in [0.15, 0.2) is 11.5 Å². The van der Waals surface area contributed by atoms with Crippen LogP contribution >= 0.6 is 0 Å². The van der Waals surface area contributed by atoms with E-state index in [1.54, 1.807) is 12.1 Å². The van der Waals surface area contributed by atoms with Crippen molar-refractivity contribution in [1.82, 2.24) is 5.32 Å². The SMILES string of the molecule is CCCNC(=O)c1cc(OC)c(OC)cc1N. The second kappa shape index (κ2) is 5.98. The fourth-order valence-electron chi connectivity index (χ4n) is 1.43. The van der Waals surface area contributed by atoms with Gasteiger partial charge in [0.1, 0.15) is 0 Å². The van der Waals surface area contributed by atoms with E-state index in [9.17, 15) is 4.79 Å². The molecule has 0 bridgehead atoms. The van der Waals surface area contributed by atoms with Crippen molar-refractivity contribution in [3.05, 3.63) is 17.7 Å². The molecule has 0 aliphatic heterocycles. The van der Waals surface area contributed by atoms with Gasteiger partial charge < -0.3 is 20.5 Å². The van der Waals surface area contributed by atoms with Gasteiger partial charge in [0.25, 0.3) is 5.91 Å². The number of carbonyl (C=O) groups is 1. The summed E-state index contributed by atoms with van der Waals surface area (Å²) in [7, 11) is 3.04. The van der Waals surface area contributed by atoms with Gasteiger partial charge in [0, 0.05) is 18.3 Å². The molecule has 0 radical (unpaired) electrons. The van der Waals surface area contributed by atoms with Crippen molar-refractivity contribution in [3.8, 4) is 11.5 Å². The Balaban J connectivity index is 3.03. The van der Waals surface area contributed by atoms with E-state index >= 15 is 0 Å². The summed E-state index contributed by atoms with van der Waals surface area (Å²) >= 11 is 0. The molecule has 17 heavy (non-hydrogen) atoms. The third kappa shape index (κ3) is 3.03. The number of hydrogen-bond acceptors (Lipinski definition) is 4. The summed E-state index contributed by atoms with van der Waals surface area (Å²) in [5.74, 6) is 0.797. The van der Waals surface area contributed by atoms with E-state index in [1.165, 1.54) is 14.2 Å². The van der Waals surface area contributed by atoms with Crippen molar-refractivity contribution < 1.29 is 14.3 Å². The summed E-state index contributed by atoms with van der Waals surface area (Å²) in [6.07, 6.45) is 0.874. The maximum Gasteiger partial charge on any atom is 0.253 e. The number of nitrogen functional groups attached to an aromatic ring is 1. The number of nitrogens with one attached hydrogen (secondary N) is 1. The number of nitrogens with two attached hydrogens (primary N) is 1. The zero-order chi connectivity index (χ0) is 12.8. The van der Waals surface area contributed by atoms with Crippen LogP contribution in [0.15, 0.2) is 12.1 Å². The Morgan fingerprint density at radius 3 is 2.41 bits per heavy atom. The Morgan fingerprint density at radius 2 is 1.88 bits per heavy atom. The molecule has 0 aromatic heterocycles. The minimum Gasteiger partial charge on any atom is -0.493 e. The Morgan fingerprint density at radius 1 is 1.29 bits per heavy atom. The average Bonchev–Trinajstić information content (AvgIpc) is 2.35. The zero-order valence-electron chi connectivity index (χ0n) is 10.4. The first-order chi connectivity index (χ1) is 8.13. The molecule has 0 aliphatic carbocycles. The lowest BCUT2D eigenvalue weighted by Gasteiger charge is -2.12. The molecule has 0 spiro atoms. The minimum atomic E-state index is -0.203. The summed E-state index contributed by atoms with van der Waals surface area (Å²) in [6.45, 7) is 2.60. The molecular weight excluding hydrogens is 220 g/mol. The smallest absolute Gasteiger partial charge is 0.253 e. The first-order valence-corrected chi connectivity index (χ1v) is 5.43. The van der Waals surface area contributed by atoms with Crippen molar-refractivity contribution >= 4 is 11.6 Å². The predicted octanol–water partition coefficient (Wildman–Crippen LogP) is 1.43. The molecule has 5 heteroatoms. The fraction of sp³-hybridized carbons (Fsp3) is 0.417. The van der Waals surface area contributed by atoms with E-state index in [-0.39, 0.29) is 5.91 Å². The van der Waals surface area contributed by atoms with Gasteiger partial charge in [-0.2, -0.15) is 0 Å². The maximum absolute atomic E-state index is 11.8. The number of benzene rings is 1. The zero-order valence-corrected chi connectivity index (χ0v) is 10.4. The molecule has 94 valence electrons. The van der Waals surface area contributed by atoms with Crippen molar-refractivity contribution in [3.63, 3.8) is 0 Å². The summed E-state index contributed by atoms with van der Waals surface area (Å²) in [6, 6.07) is 3.17. The van der Waals surface area contributed by atoms with Gasteiger partial charge in [-0.3, -0.25) is 4.79 Å². The summed E-state index contributed by atoms with van der Waals surface area (Å²) in [5.41, 5.74) is 6.57. The molecule has 0 heterocycles. The molecule has 0 saturated carbocycles.